The van der Waals surface area contributed by atoms with E-state index >= 15 is 0 Å². The Balaban J connectivity index is 1.88. The van der Waals surface area contributed by atoms with Crippen LogP contribution in [-0.4, -0.2) is 9.38 Å². The van der Waals surface area contributed by atoms with Gasteiger partial charge in [-0.05, 0) is 46.3 Å². The minimum absolute atomic E-state index is 0.0627. The molecule has 0 bridgehead atoms. The van der Waals surface area contributed by atoms with Crippen molar-refractivity contribution in [2.24, 2.45) is 0 Å². The second-order valence-corrected chi connectivity index (χ2v) is 5.85. The standard InChI is InChI=1S/C15H9BrClFN2O2/c16-9-1-4-14-19-11(6-15(21)20(14)7-9)8-22-13-3-2-10(18)5-12(13)17/h1-7H,8H2. The summed E-state index contributed by atoms with van der Waals surface area (Å²) in [6, 6.07) is 8.75. The van der Waals surface area contributed by atoms with Crippen LogP contribution < -0.4 is 10.3 Å². The Labute approximate surface area is 138 Å². The smallest absolute Gasteiger partial charge is 0.258 e. The first-order valence-corrected chi connectivity index (χ1v) is 7.46. The third-order valence-electron chi connectivity index (χ3n) is 2.95. The fourth-order valence-electron chi connectivity index (χ4n) is 1.94. The summed E-state index contributed by atoms with van der Waals surface area (Å²) in [4.78, 5) is 16.4. The Kier molecular flexibility index (Phi) is 4.13. The number of benzene rings is 1. The van der Waals surface area contributed by atoms with Crippen molar-refractivity contribution in [1.29, 1.82) is 0 Å². The van der Waals surface area contributed by atoms with Gasteiger partial charge in [0.1, 0.15) is 23.8 Å². The molecular formula is C15H9BrClFN2O2. The highest BCUT2D eigenvalue weighted by Crippen LogP contribution is 2.25. The average molecular weight is 384 g/mol. The second kappa shape index (κ2) is 6.06. The first kappa shape index (κ1) is 15.0. The molecule has 0 aliphatic heterocycles. The van der Waals surface area contributed by atoms with Crippen LogP contribution in [0.4, 0.5) is 4.39 Å². The van der Waals surface area contributed by atoms with Crippen molar-refractivity contribution >= 4 is 33.2 Å². The second-order valence-electron chi connectivity index (χ2n) is 4.52. The average Bonchev–Trinajstić information content (AvgIpc) is 2.47. The number of rotatable bonds is 3. The lowest BCUT2D eigenvalue weighted by Crippen LogP contribution is -2.16. The molecule has 0 radical (unpaired) electrons. The largest absolute Gasteiger partial charge is 0.486 e. The lowest BCUT2D eigenvalue weighted by molar-refractivity contribution is 0.301. The Morgan fingerprint density at radius 2 is 2.09 bits per heavy atom. The molecule has 112 valence electrons. The highest BCUT2D eigenvalue weighted by atomic mass is 79.9. The molecule has 0 amide bonds. The van der Waals surface area contributed by atoms with Crippen LogP contribution in [0.1, 0.15) is 5.69 Å². The summed E-state index contributed by atoms with van der Waals surface area (Å²) in [6.07, 6.45) is 1.64. The van der Waals surface area contributed by atoms with Crippen molar-refractivity contribution in [3.63, 3.8) is 0 Å². The molecule has 2 aromatic heterocycles. The van der Waals surface area contributed by atoms with Gasteiger partial charge in [-0.3, -0.25) is 9.20 Å². The van der Waals surface area contributed by atoms with E-state index in [1.54, 1.807) is 18.3 Å². The van der Waals surface area contributed by atoms with E-state index in [0.717, 1.165) is 10.5 Å². The Morgan fingerprint density at radius 3 is 2.86 bits per heavy atom. The minimum atomic E-state index is -0.440. The van der Waals surface area contributed by atoms with Crippen LogP contribution in [0.3, 0.4) is 0 Å². The van der Waals surface area contributed by atoms with Crippen molar-refractivity contribution in [1.82, 2.24) is 9.38 Å². The predicted octanol–water partition coefficient (Wildman–Crippen LogP) is 3.83. The van der Waals surface area contributed by atoms with Crippen LogP contribution in [0.15, 0.2) is 51.9 Å². The van der Waals surface area contributed by atoms with E-state index < -0.39 is 5.82 Å². The molecule has 0 N–H and O–H groups in total. The van der Waals surface area contributed by atoms with E-state index in [1.807, 2.05) is 0 Å². The number of hydrogen-bond acceptors (Lipinski definition) is 3. The molecule has 1 aromatic carbocycles. The molecular weight excluding hydrogens is 375 g/mol. The van der Waals surface area contributed by atoms with Crippen LogP contribution in [0.5, 0.6) is 5.75 Å². The zero-order valence-corrected chi connectivity index (χ0v) is 13.4. The highest BCUT2D eigenvalue weighted by Gasteiger charge is 2.07. The zero-order valence-electron chi connectivity index (χ0n) is 11.1. The Hall–Kier alpha value is -1.92. The molecule has 0 aliphatic carbocycles. The first-order chi connectivity index (χ1) is 10.5. The zero-order chi connectivity index (χ0) is 15.7. The number of hydrogen-bond donors (Lipinski definition) is 0. The summed E-state index contributed by atoms with van der Waals surface area (Å²) in [5.74, 6) is -0.106. The molecule has 4 nitrogen and oxygen atoms in total. The molecule has 22 heavy (non-hydrogen) atoms. The fourth-order valence-corrected chi connectivity index (χ4v) is 2.50. The van der Waals surface area contributed by atoms with E-state index in [0.29, 0.717) is 17.1 Å². The number of ether oxygens (including phenoxy) is 1. The summed E-state index contributed by atoms with van der Waals surface area (Å²) in [5, 5.41) is 0.168. The van der Waals surface area contributed by atoms with E-state index in [2.05, 4.69) is 20.9 Å². The van der Waals surface area contributed by atoms with Crippen LogP contribution in [0.2, 0.25) is 5.02 Å². The number of fused-ring (bicyclic) bond motifs is 1. The topological polar surface area (TPSA) is 43.6 Å². The molecule has 0 saturated carbocycles. The van der Waals surface area contributed by atoms with Crippen molar-refractivity contribution in [3.05, 3.63) is 74.0 Å². The molecule has 3 aromatic rings. The molecule has 0 saturated heterocycles. The Morgan fingerprint density at radius 1 is 1.27 bits per heavy atom. The van der Waals surface area contributed by atoms with Crippen LogP contribution in [0.25, 0.3) is 5.65 Å². The Bertz CT molecular complexity index is 914. The highest BCUT2D eigenvalue weighted by molar-refractivity contribution is 9.10. The molecule has 3 rings (SSSR count). The molecule has 0 aliphatic rings. The molecule has 2 heterocycles. The maximum absolute atomic E-state index is 13.0. The van der Waals surface area contributed by atoms with Gasteiger partial charge in [-0.25, -0.2) is 9.37 Å². The molecule has 0 atom stereocenters. The van der Waals surface area contributed by atoms with E-state index in [9.17, 15) is 9.18 Å². The predicted molar refractivity (Wildman–Crippen MR) is 84.9 cm³/mol. The summed E-state index contributed by atoms with van der Waals surface area (Å²) in [5.41, 5.74) is 0.766. The molecule has 0 unspecified atom stereocenters. The van der Waals surface area contributed by atoms with Gasteiger partial charge in [0, 0.05) is 16.7 Å². The van der Waals surface area contributed by atoms with Gasteiger partial charge >= 0.3 is 0 Å². The van der Waals surface area contributed by atoms with E-state index in [-0.39, 0.29) is 17.2 Å². The van der Waals surface area contributed by atoms with Gasteiger partial charge in [0.15, 0.2) is 0 Å². The lowest BCUT2D eigenvalue weighted by Gasteiger charge is -2.08. The lowest BCUT2D eigenvalue weighted by atomic mass is 10.3. The third-order valence-corrected chi connectivity index (χ3v) is 3.71. The van der Waals surface area contributed by atoms with Gasteiger partial charge in [-0.15, -0.1) is 0 Å². The van der Waals surface area contributed by atoms with Gasteiger partial charge in [-0.1, -0.05) is 11.6 Å². The van der Waals surface area contributed by atoms with Crippen molar-refractivity contribution < 1.29 is 9.13 Å². The summed E-state index contributed by atoms with van der Waals surface area (Å²) in [7, 11) is 0. The van der Waals surface area contributed by atoms with Crippen LogP contribution in [0, 0.1) is 5.82 Å². The number of aromatic nitrogens is 2. The minimum Gasteiger partial charge on any atom is -0.486 e. The third kappa shape index (κ3) is 3.13. The first-order valence-electron chi connectivity index (χ1n) is 6.28. The van der Waals surface area contributed by atoms with Gasteiger partial charge in [0.2, 0.25) is 0 Å². The van der Waals surface area contributed by atoms with Gasteiger partial charge < -0.3 is 4.74 Å². The maximum atomic E-state index is 13.0. The van der Waals surface area contributed by atoms with Crippen LogP contribution >= 0.6 is 27.5 Å². The molecule has 0 fully saturated rings. The summed E-state index contributed by atoms with van der Waals surface area (Å²) < 4.78 is 20.7. The van der Waals surface area contributed by atoms with Crippen molar-refractivity contribution in [3.8, 4) is 5.75 Å². The number of pyridine rings is 1. The fraction of sp³-hybridized carbons (Fsp3) is 0.0667. The van der Waals surface area contributed by atoms with Gasteiger partial charge in [0.05, 0.1) is 10.7 Å². The maximum Gasteiger partial charge on any atom is 0.258 e. The van der Waals surface area contributed by atoms with E-state index in [4.69, 9.17) is 16.3 Å². The monoisotopic (exact) mass is 382 g/mol. The van der Waals surface area contributed by atoms with Gasteiger partial charge in [-0.2, -0.15) is 0 Å². The SMILES string of the molecule is O=c1cc(COc2ccc(F)cc2Cl)nc2ccc(Br)cn12. The summed E-state index contributed by atoms with van der Waals surface area (Å²) in [6.45, 7) is 0.0627. The normalized spacial score (nSPS) is 10.9. The van der Waals surface area contributed by atoms with Crippen LogP contribution in [-0.2, 0) is 6.61 Å². The van der Waals surface area contributed by atoms with Crippen molar-refractivity contribution in [2.75, 3.05) is 0 Å². The number of nitrogens with zero attached hydrogens (tertiary/aromatic N) is 2. The summed E-state index contributed by atoms with van der Waals surface area (Å²) >= 11 is 9.19. The molecule has 7 heteroatoms. The number of halogens is 3. The van der Waals surface area contributed by atoms with Crippen molar-refractivity contribution in [2.45, 2.75) is 6.61 Å². The van der Waals surface area contributed by atoms with E-state index in [1.165, 1.54) is 22.6 Å². The van der Waals surface area contributed by atoms with Gasteiger partial charge in [0.25, 0.3) is 5.56 Å². The quantitative estimate of drug-likeness (QED) is 0.690. The molecule has 0 spiro atoms.